The van der Waals surface area contributed by atoms with E-state index in [-0.39, 0.29) is 46.2 Å². The van der Waals surface area contributed by atoms with E-state index in [1.807, 2.05) is 6.92 Å². The zero-order chi connectivity index (χ0) is 29.0. The van der Waals surface area contributed by atoms with Crippen LogP contribution in [0.4, 0.5) is 0 Å². The lowest BCUT2D eigenvalue weighted by atomic mass is 9.43. The lowest BCUT2D eigenvalue weighted by Crippen LogP contribution is -2.60. The van der Waals surface area contributed by atoms with Crippen molar-refractivity contribution in [3.8, 4) is 0 Å². The van der Waals surface area contributed by atoms with Gasteiger partial charge in [0.1, 0.15) is 18.0 Å². The molecule has 0 heterocycles. The second kappa shape index (κ2) is 11.1. The third-order valence-electron chi connectivity index (χ3n) is 12.3. The molecule has 0 radical (unpaired) electrons. The standard InChI is InChI=1S/C32H52O7/c1-16(2)17(3)29(36)30(37)18(4)22-9-10-23-21-13-26(35)25-14-27(38-19(5)33)28(39-20(6)34)15-32(25,8)24(21)11-12-31(22,23)7/h16-18,21-25,27-30,36-37H,9-15H2,1-8H3/t17-,18+,21+,22-,23+,24+,25-,27+,28-,29+,30+,31-,32-/m1/s1. The summed E-state index contributed by atoms with van der Waals surface area (Å²) in [6.45, 7) is 15.6. The van der Waals surface area contributed by atoms with E-state index < -0.39 is 36.4 Å². The highest BCUT2D eigenvalue weighted by atomic mass is 16.6. The average molecular weight is 549 g/mol. The molecule has 0 unspecified atom stereocenters. The van der Waals surface area contributed by atoms with Crippen LogP contribution in [0, 0.1) is 58.2 Å². The topological polar surface area (TPSA) is 110 Å². The quantitative estimate of drug-likeness (QED) is 0.433. The Hall–Kier alpha value is -1.47. The maximum Gasteiger partial charge on any atom is 0.303 e. The SMILES string of the molecule is CC(=O)O[C@H]1C[C@@H]2C(=O)C[C@@H]3[C@H](CC[C@]4(C)[C@@H]([C@H](C)[C@H](O)[C@@H](O)[C@H](C)C(C)C)CC[C@@H]34)[C@@]2(C)C[C@H]1OC(C)=O. The number of fused-ring (bicyclic) bond motifs is 5. The third-order valence-corrected chi connectivity index (χ3v) is 12.3. The molecule has 13 atom stereocenters. The van der Waals surface area contributed by atoms with Crippen molar-refractivity contribution in [3.05, 3.63) is 0 Å². The van der Waals surface area contributed by atoms with Gasteiger partial charge in [0, 0.05) is 26.2 Å². The lowest BCUT2D eigenvalue weighted by Gasteiger charge is -2.61. The molecule has 39 heavy (non-hydrogen) atoms. The Bertz CT molecular complexity index is 947. The summed E-state index contributed by atoms with van der Waals surface area (Å²) in [5, 5.41) is 22.2. The zero-order valence-electron chi connectivity index (χ0n) is 25.3. The third kappa shape index (κ3) is 5.31. The Kier molecular flexibility index (Phi) is 8.66. The van der Waals surface area contributed by atoms with Gasteiger partial charge in [-0.2, -0.15) is 0 Å². The number of aliphatic hydroxyl groups excluding tert-OH is 2. The fourth-order valence-corrected chi connectivity index (χ4v) is 9.86. The molecule has 2 N–H and O–H groups in total. The summed E-state index contributed by atoms with van der Waals surface area (Å²) >= 11 is 0. The molecule has 4 aliphatic rings. The number of esters is 2. The maximum atomic E-state index is 13.8. The van der Waals surface area contributed by atoms with Gasteiger partial charge in [0.25, 0.3) is 0 Å². The minimum absolute atomic E-state index is 0.00998. The summed E-state index contributed by atoms with van der Waals surface area (Å²) in [4.78, 5) is 37.6. The smallest absolute Gasteiger partial charge is 0.303 e. The van der Waals surface area contributed by atoms with Gasteiger partial charge in [0.05, 0.1) is 12.2 Å². The Balaban J connectivity index is 1.57. The molecular formula is C32H52O7. The van der Waals surface area contributed by atoms with Gasteiger partial charge in [-0.1, -0.05) is 41.5 Å². The molecule has 7 nitrogen and oxygen atoms in total. The largest absolute Gasteiger partial charge is 0.459 e. The average Bonchev–Trinajstić information content (AvgIpc) is 3.20. The summed E-state index contributed by atoms with van der Waals surface area (Å²) in [6.07, 6.45) is 2.91. The van der Waals surface area contributed by atoms with E-state index in [1.54, 1.807) is 0 Å². The minimum Gasteiger partial charge on any atom is -0.459 e. The predicted octanol–water partition coefficient (Wildman–Crippen LogP) is 4.95. The normalized spacial score (nSPS) is 42.9. The van der Waals surface area contributed by atoms with Crippen LogP contribution in [0.5, 0.6) is 0 Å². The molecule has 0 aromatic heterocycles. The first-order valence-electron chi connectivity index (χ1n) is 15.3. The van der Waals surface area contributed by atoms with Crippen LogP contribution in [0.2, 0.25) is 0 Å². The Labute approximate surface area is 234 Å². The van der Waals surface area contributed by atoms with E-state index in [4.69, 9.17) is 9.47 Å². The van der Waals surface area contributed by atoms with Crippen LogP contribution in [0.25, 0.3) is 0 Å². The van der Waals surface area contributed by atoms with Crippen molar-refractivity contribution < 1.29 is 34.1 Å². The van der Waals surface area contributed by atoms with Crippen LogP contribution in [0.3, 0.4) is 0 Å². The van der Waals surface area contributed by atoms with Gasteiger partial charge >= 0.3 is 11.9 Å². The van der Waals surface area contributed by atoms with E-state index in [2.05, 4.69) is 34.6 Å². The summed E-state index contributed by atoms with van der Waals surface area (Å²) < 4.78 is 11.3. The molecule has 0 amide bonds. The highest BCUT2D eigenvalue weighted by molar-refractivity contribution is 5.83. The molecule has 0 aromatic rings. The van der Waals surface area contributed by atoms with Crippen molar-refractivity contribution in [1.82, 2.24) is 0 Å². The number of hydrogen-bond donors (Lipinski definition) is 2. The van der Waals surface area contributed by atoms with Gasteiger partial charge < -0.3 is 19.7 Å². The highest BCUT2D eigenvalue weighted by Crippen LogP contribution is 2.68. The molecule has 0 aromatic carbocycles. The van der Waals surface area contributed by atoms with Crippen molar-refractivity contribution in [2.75, 3.05) is 0 Å². The monoisotopic (exact) mass is 548 g/mol. The van der Waals surface area contributed by atoms with E-state index in [1.165, 1.54) is 13.8 Å². The highest BCUT2D eigenvalue weighted by Gasteiger charge is 2.64. The molecule has 0 aliphatic heterocycles. The van der Waals surface area contributed by atoms with Crippen molar-refractivity contribution in [2.24, 2.45) is 58.2 Å². The predicted molar refractivity (Wildman–Crippen MR) is 147 cm³/mol. The van der Waals surface area contributed by atoms with Gasteiger partial charge in [-0.25, -0.2) is 0 Å². The van der Waals surface area contributed by atoms with Gasteiger partial charge in [0.2, 0.25) is 0 Å². The van der Waals surface area contributed by atoms with Crippen molar-refractivity contribution in [1.29, 1.82) is 0 Å². The summed E-state index contributed by atoms with van der Waals surface area (Å²) in [6, 6.07) is 0. The summed E-state index contributed by atoms with van der Waals surface area (Å²) in [5.41, 5.74) is -0.305. The fourth-order valence-electron chi connectivity index (χ4n) is 9.86. The fraction of sp³-hybridized carbons (Fsp3) is 0.906. The van der Waals surface area contributed by atoms with Crippen LogP contribution in [0.15, 0.2) is 0 Å². The van der Waals surface area contributed by atoms with Crippen molar-refractivity contribution >= 4 is 17.7 Å². The number of ether oxygens (including phenoxy) is 2. The van der Waals surface area contributed by atoms with Crippen LogP contribution in [-0.4, -0.2) is 52.4 Å². The molecule has 7 heteroatoms. The molecule has 4 rings (SSSR count). The number of carbonyl (C=O) groups is 3. The first-order chi connectivity index (χ1) is 18.1. The number of Topliss-reactive ketones (excluding diaryl/α,β-unsaturated/α-hetero) is 1. The van der Waals surface area contributed by atoms with Gasteiger partial charge in [-0.05, 0) is 90.8 Å². The molecular weight excluding hydrogens is 496 g/mol. The minimum atomic E-state index is -0.767. The van der Waals surface area contributed by atoms with E-state index >= 15 is 0 Å². The summed E-state index contributed by atoms with van der Waals surface area (Å²) in [7, 11) is 0. The zero-order valence-corrected chi connectivity index (χ0v) is 25.3. The van der Waals surface area contributed by atoms with Crippen LogP contribution in [-0.2, 0) is 23.9 Å². The number of carbonyl (C=O) groups excluding carboxylic acids is 3. The van der Waals surface area contributed by atoms with Crippen molar-refractivity contribution in [2.45, 2.75) is 125 Å². The molecule has 0 saturated heterocycles. The van der Waals surface area contributed by atoms with E-state index in [0.717, 1.165) is 25.7 Å². The number of hydrogen-bond acceptors (Lipinski definition) is 7. The molecule has 222 valence electrons. The van der Waals surface area contributed by atoms with Gasteiger partial charge in [-0.3, -0.25) is 14.4 Å². The van der Waals surface area contributed by atoms with Crippen LogP contribution < -0.4 is 0 Å². The molecule has 0 bridgehead atoms. The Morgan fingerprint density at radius 1 is 0.872 bits per heavy atom. The van der Waals surface area contributed by atoms with E-state index in [9.17, 15) is 24.6 Å². The van der Waals surface area contributed by atoms with Gasteiger partial charge in [0.15, 0.2) is 0 Å². The molecule has 0 spiro atoms. The Morgan fingerprint density at radius 2 is 1.46 bits per heavy atom. The van der Waals surface area contributed by atoms with Crippen LogP contribution >= 0.6 is 0 Å². The maximum absolute atomic E-state index is 13.8. The second-order valence-electron chi connectivity index (χ2n) is 14.5. The van der Waals surface area contributed by atoms with Crippen LogP contribution in [0.1, 0.15) is 100 Å². The van der Waals surface area contributed by atoms with E-state index in [0.29, 0.717) is 37.0 Å². The number of rotatable bonds is 7. The summed E-state index contributed by atoms with van der Waals surface area (Å²) in [5.74, 6) is 0.783. The second-order valence-corrected chi connectivity index (χ2v) is 14.5. The molecule has 4 aliphatic carbocycles. The van der Waals surface area contributed by atoms with Crippen molar-refractivity contribution in [3.63, 3.8) is 0 Å². The number of ketones is 1. The lowest BCUT2D eigenvalue weighted by molar-refractivity contribution is -0.196. The molecule has 4 fully saturated rings. The number of aliphatic hydroxyl groups is 2. The Morgan fingerprint density at radius 3 is 2.05 bits per heavy atom. The first kappa shape index (κ1) is 30.5. The van der Waals surface area contributed by atoms with Gasteiger partial charge in [-0.15, -0.1) is 0 Å². The first-order valence-corrected chi connectivity index (χ1v) is 15.3. The molecule has 4 saturated carbocycles.